The van der Waals surface area contributed by atoms with Crippen LogP contribution >= 0.6 is 0 Å². The zero-order chi connectivity index (χ0) is 16.6. The van der Waals surface area contributed by atoms with Gasteiger partial charge in [0.05, 0.1) is 12.5 Å². The summed E-state index contributed by atoms with van der Waals surface area (Å²) in [7, 11) is 0. The average molecular weight is 322 g/mol. The van der Waals surface area contributed by atoms with Crippen LogP contribution in [-0.4, -0.2) is 45.4 Å². The molecule has 3 heterocycles. The molecule has 23 heavy (non-hydrogen) atoms. The van der Waals surface area contributed by atoms with Gasteiger partial charge in [-0.05, 0) is 0 Å². The fourth-order valence-electron chi connectivity index (χ4n) is 2.11. The number of aromatic nitrogens is 4. The third-order valence-corrected chi connectivity index (χ3v) is 3.30. The Morgan fingerprint density at radius 1 is 1.39 bits per heavy atom. The van der Waals surface area contributed by atoms with Crippen LogP contribution in [0.2, 0.25) is 0 Å². The van der Waals surface area contributed by atoms with Gasteiger partial charge in [-0.3, -0.25) is 4.79 Å². The molecule has 0 spiro atoms. The molecule has 2 atom stereocenters. The number of ether oxygens (including phenoxy) is 3. The number of hydrogen-bond donors (Lipinski definition) is 3. The highest BCUT2D eigenvalue weighted by Crippen LogP contribution is 2.27. The fraction of sp³-hybridized carbons (Fsp3) is 0.538. The molecule has 0 radical (unpaired) electrons. The first-order valence-electron chi connectivity index (χ1n) is 7.16. The van der Waals surface area contributed by atoms with Crippen molar-refractivity contribution in [2.24, 2.45) is 5.92 Å². The second kappa shape index (κ2) is 5.97. The van der Waals surface area contributed by atoms with Gasteiger partial charge in [0.15, 0.2) is 17.8 Å². The van der Waals surface area contributed by atoms with E-state index in [4.69, 9.17) is 25.7 Å². The van der Waals surface area contributed by atoms with E-state index >= 15 is 0 Å². The molecule has 5 N–H and O–H groups in total. The summed E-state index contributed by atoms with van der Waals surface area (Å²) < 4.78 is 16.2. The average Bonchev–Trinajstić information content (AvgIpc) is 3.10. The van der Waals surface area contributed by atoms with E-state index in [0.29, 0.717) is 17.0 Å². The standard InChI is InChI=1S/C13H18N6O4/c1-5(2)12(20)22-4-7-21-3-6(23-7)10-16-8-9(14)17-13(15)19-11(8)18-10/h5-7H,3-4H2,1-2H3,(H5,14,15,16,17,18,19)/t6?,7-/m1/s1. The highest BCUT2D eigenvalue weighted by Gasteiger charge is 2.31. The van der Waals surface area contributed by atoms with Crippen molar-refractivity contribution in [3.05, 3.63) is 5.82 Å². The fourth-order valence-corrected chi connectivity index (χ4v) is 2.11. The van der Waals surface area contributed by atoms with Crippen LogP contribution in [0.3, 0.4) is 0 Å². The lowest BCUT2D eigenvalue weighted by atomic mass is 10.2. The number of hydrogen-bond acceptors (Lipinski definition) is 9. The van der Waals surface area contributed by atoms with Crippen LogP contribution in [0.25, 0.3) is 11.2 Å². The second-order valence-corrected chi connectivity index (χ2v) is 5.46. The normalized spacial score (nSPS) is 21.2. The maximum Gasteiger partial charge on any atom is 0.308 e. The molecule has 1 aliphatic rings. The summed E-state index contributed by atoms with van der Waals surface area (Å²) in [6.07, 6.45) is -1.07. The van der Waals surface area contributed by atoms with E-state index < -0.39 is 12.4 Å². The third-order valence-electron chi connectivity index (χ3n) is 3.30. The van der Waals surface area contributed by atoms with E-state index in [1.165, 1.54) is 0 Å². The number of aromatic amines is 1. The Labute approximate surface area is 131 Å². The minimum atomic E-state index is -0.635. The lowest BCUT2D eigenvalue weighted by Gasteiger charge is -2.12. The number of anilines is 2. The molecule has 2 aromatic rings. The predicted octanol–water partition coefficient (Wildman–Crippen LogP) is 0.131. The minimum absolute atomic E-state index is 0.0304. The Bertz CT molecular complexity index is 731. The van der Waals surface area contributed by atoms with E-state index in [0.717, 1.165) is 0 Å². The van der Waals surface area contributed by atoms with Crippen molar-refractivity contribution in [1.82, 2.24) is 19.9 Å². The number of carbonyl (C=O) groups is 1. The summed E-state index contributed by atoms with van der Waals surface area (Å²) in [5.74, 6) is 0.268. The first-order valence-corrected chi connectivity index (χ1v) is 7.16. The van der Waals surface area contributed by atoms with Gasteiger partial charge in [-0.15, -0.1) is 0 Å². The first-order chi connectivity index (χ1) is 10.9. The predicted molar refractivity (Wildman–Crippen MR) is 79.9 cm³/mol. The van der Waals surface area contributed by atoms with Gasteiger partial charge in [-0.25, -0.2) is 4.98 Å². The van der Waals surface area contributed by atoms with Crippen molar-refractivity contribution < 1.29 is 19.0 Å². The molecular weight excluding hydrogens is 304 g/mol. The third kappa shape index (κ3) is 3.17. The molecule has 1 aliphatic heterocycles. The molecule has 0 aliphatic carbocycles. The molecule has 0 bridgehead atoms. The van der Waals surface area contributed by atoms with Gasteiger partial charge >= 0.3 is 5.97 Å². The van der Waals surface area contributed by atoms with E-state index in [2.05, 4.69) is 19.9 Å². The van der Waals surface area contributed by atoms with Gasteiger partial charge in [0, 0.05) is 0 Å². The first kappa shape index (κ1) is 15.4. The summed E-state index contributed by atoms with van der Waals surface area (Å²) >= 11 is 0. The van der Waals surface area contributed by atoms with Gasteiger partial charge in [-0.2, -0.15) is 9.97 Å². The molecule has 1 unspecified atom stereocenters. The number of H-pyrrole nitrogens is 1. The van der Waals surface area contributed by atoms with Crippen molar-refractivity contribution in [2.75, 3.05) is 24.7 Å². The van der Waals surface area contributed by atoms with Crippen molar-refractivity contribution in [3.63, 3.8) is 0 Å². The molecule has 3 rings (SSSR count). The van der Waals surface area contributed by atoms with Crippen LogP contribution in [-0.2, 0) is 19.0 Å². The van der Waals surface area contributed by atoms with E-state index in [9.17, 15) is 4.79 Å². The molecule has 1 fully saturated rings. The summed E-state index contributed by atoms with van der Waals surface area (Å²) in [5.41, 5.74) is 12.2. The highest BCUT2D eigenvalue weighted by molar-refractivity contribution is 5.82. The topological polar surface area (TPSA) is 151 Å². The van der Waals surface area contributed by atoms with Gasteiger partial charge < -0.3 is 30.7 Å². The quantitative estimate of drug-likeness (QED) is 0.667. The molecule has 2 aromatic heterocycles. The molecule has 0 saturated carbocycles. The number of nitrogen functional groups attached to an aromatic ring is 2. The van der Waals surface area contributed by atoms with Gasteiger partial charge in [0.1, 0.15) is 24.1 Å². The van der Waals surface area contributed by atoms with Crippen LogP contribution in [0.5, 0.6) is 0 Å². The Morgan fingerprint density at radius 2 is 2.17 bits per heavy atom. The number of nitrogens with two attached hydrogens (primary N) is 2. The van der Waals surface area contributed by atoms with E-state index in [1.54, 1.807) is 13.8 Å². The van der Waals surface area contributed by atoms with Crippen LogP contribution in [0.1, 0.15) is 25.8 Å². The van der Waals surface area contributed by atoms with Crippen LogP contribution < -0.4 is 11.5 Å². The molecule has 0 aromatic carbocycles. The molecule has 124 valence electrons. The van der Waals surface area contributed by atoms with Crippen molar-refractivity contribution in [1.29, 1.82) is 0 Å². The van der Waals surface area contributed by atoms with Gasteiger partial charge in [0.25, 0.3) is 0 Å². The number of rotatable bonds is 4. The molecule has 0 amide bonds. The second-order valence-electron chi connectivity index (χ2n) is 5.46. The maximum absolute atomic E-state index is 11.4. The van der Waals surface area contributed by atoms with Crippen molar-refractivity contribution in [2.45, 2.75) is 26.2 Å². The number of nitrogens with zero attached hydrogens (tertiary/aromatic N) is 3. The maximum atomic E-state index is 11.4. The number of esters is 1. The summed E-state index contributed by atoms with van der Waals surface area (Å²) in [5, 5.41) is 0. The number of carbonyl (C=O) groups excluding carboxylic acids is 1. The Balaban J connectivity index is 1.67. The van der Waals surface area contributed by atoms with Gasteiger partial charge in [-0.1, -0.05) is 13.8 Å². The van der Waals surface area contributed by atoms with Crippen molar-refractivity contribution >= 4 is 28.9 Å². The Morgan fingerprint density at radius 3 is 2.91 bits per heavy atom. The zero-order valence-electron chi connectivity index (χ0n) is 12.8. The molecule has 10 nitrogen and oxygen atoms in total. The monoisotopic (exact) mass is 322 g/mol. The SMILES string of the molecule is CC(C)C(=O)OC[C@@H]1OCC(c2nc3nc(N)nc(N)c3[nH]2)O1. The summed E-state index contributed by atoms with van der Waals surface area (Å²) in [6, 6.07) is 0. The lowest BCUT2D eigenvalue weighted by molar-refractivity contribution is -0.161. The smallest absolute Gasteiger partial charge is 0.308 e. The number of imidazole rings is 1. The Hall–Kier alpha value is -2.46. The van der Waals surface area contributed by atoms with E-state index in [-0.39, 0.29) is 36.9 Å². The Kier molecular flexibility index (Phi) is 4.01. The number of fused-ring (bicyclic) bond motifs is 1. The van der Waals surface area contributed by atoms with Crippen LogP contribution in [0.4, 0.5) is 11.8 Å². The summed E-state index contributed by atoms with van der Waals surface area (Å²) in [4.78, 5) is 26.6. The highest BCUT2D eigenvalue weighted by atomic mass is 16.7. The zero-order valence-corrected chi connectivity index (χ0v) is 12.8. The van der Waals surface area contributed by atoms with Gasteiger partial charge in [0.2, 0.25) is 5.95 Å². The van der Waals surface area contributed by atoms with Crippen LogP contribution in [0, 0.1) is 5.92 Å². The molecular formula is C13H18N6O4. The summed E-state index contributed by atoms with van der Waals surface area (Å²) in [6.45, 7) is 3.81. The number of nitrogens with one attached hydrogen (secondary N) is 1. The minimum Gasteiger partial charge on any atom is -0.460 e. The van der Waals surface area contributed by atoms with Crippen molar-refractivity contribution in [3.8, 4) is 0 Å². The van der Waals surface area contributed by atoms with Crippen LogP contribution in [0.15, 0.2) is 0 Å². The molecule has 1 saturated heterocycles. The lowest BCUT2D eigenvalue weighted by Crippen LogP contribution is -2.22. The largest absolute Gasteiger partial charge is 0.460 e. The molecule has 10 heteroatoms. The van der Waals surface area contributed by atoms with E-state index in [1.807, 2.05) is 0 Å².